The molecule has 2 aromatic heterocycles. The second kappa shape index (κ2) is 7.42. The summed E-state index contributed by atoms with van der Waals surface area (Å²) >= 11 is 3.07. The Hall–Kier alpha value is -3.24. The van der Waals surface area contributed by atoms with Gasteiger partial charge in [-0.25, -0.2) is 4.98 Å². The molecule has 1 amide bonds. The van der Waals surface area contributed by atoms with Gasteiger partial charge in [0.1, 0.15) is 11.6 Å². The highest BCUT2D eigenvalue weighted by atomic mass is 32.2. The Labute approximate surface area is 191 Å². The summed E-state index contributed by atoms with van der Waals surface area (Å²) in [6.07, 6.45) is 0. The van der Waals surface area contributed by atoms with Gasteiger partial charge in [0.15, 0.2) is 11.5 Å². The number of amides is 1. The summed E-state index contributed by atoms with van der Waals surface area (Å²) in [4.78, 5) is 17.4. The van der Waals surface area contributed by atoms with Gasteiger partial charge in [0, 0.05) is 5.56 Å². The molecule has 1 atom stereocenters. The minimum Gasteiger partial charge on any atom is -0.497 e. The van der Waals surface area contributed by atoms with E-state index in [4.69, 9.17) is 24.3 Å². The molecule has 162 valence electrons. The molecule has 1 N–H and O–H groups in total. The Bertz CT molecular complexity index is 1380. The van der Waals surface area contributed by atoms with Gasteiger partial charge in [0.25, 0.3) is 0 Å². The molecule has 8 nitrogen and oxygen atoms in total. The van der Waals surface area contributed by atoms with E-state index < -0.39 is 0 Å². The third kappa shape index (κ3) is 3.09. The van der Waals surface area contributed by atoms with E-state index in [-0.39, 0.29) is 18.0 Å². The Morgan fingerprint density at radius 2 is 2.06 bits per heavy atom. The highest BCUT2D eigenvalue weighted by Gasteiger charge is 2.32. The van der Waals surface area contributed by atoms with Crippen LogP contribution in [0.15, 0.2) is 36.4 Å². The average molecular weight is 467 g/mol. The van der Waals surface area contributed by atoms with Crippen LogP contribution in [0.25, 0.3) is 15.3 Å². The largest absolute Gasteiger partial charge is 0.497 e. The third-order valence-electron chi connectivity index (χ3n) is 5.47. The second-order valence-electron chi connectivity index (χ2n) is 7.44. The summed E-state index contributed by atoms with van der Waals surface area (Å²) in [7, 11) is 1.64. The van der Waals surface area contributed by atoms with Crippen LogP contribution in [0.1, 0.15) is 22.1 Å². The molecule has 0 spiro atoms. The first-order valence-corrected chi connectivity index (χ1v) is 11.8. The molecule has 2 aromatic carbocycles. The number of hydrogen-bond donors (Lipinski definition) is 1. The number of aromatic nitrogens is 3. The van der Waals surface area contributed by atoms with Crippen molar-refractivity contribution in [2.24, 2.45) is 0 Å². The number of anilines is 1. The molecule has 0 aliphatic carbocycles. The van der Waals surface area contributed by atoms with Gasteiger partial charge in [0.2, 0.25) is 17.8 Å². The molecule has 2 aliphatic heterocycles. The standard InChI is InChI=1S/C22H18N4O4S2/c1-11-19-20(12-3-6-15-16(7-12)30-10-29-15)31-9-18(27)24-21(19)26(25-11)22-23-14-5-4-13(28-2)8-17(14)32-22/h3-8,20H,9-10H2,1-2H3,(H,24,27)/t20-/m0/s1. The quantitative estimate of drug-likeness (QED) is 0.482. The number of nitrogens with zero attached hydrogens (tertiary/aromatic N) is 3. The number of aryl methyl sites for hydroxylation is 1. The predicted molar refractivity (Wildman–Crippen MR) is 124 cm³/mol. The number of hydrogen-bond acceptors (Lipinski definition) is 8. The number of thiazole rings is 1. The molecule has 2 aliphatic rings. The van der Waals surface area contributed by atoms with E-state index in [0.29, 0.717) is 16.7 Å². The van der Waals surface area contributed by atoms with Crippen LogP contribution >= 0.6 is 23.1 Å². The van der Waals surface area contributed by atoms with Gasteiger partial charge in [-0.05, 0) is 42.8 Å². The second-order valence-corrected chi connectivity index (χ2v) is 9.54. The molecule has 4 heterocycles. The van der Waals surface area contributed by atoms with E-state index >= 15 is 0 Å². The lowest BCUT2D eigenvalue weighted by atomic mass is 10.0. The number of carbonyl (C=O) groups excluding carboxylic acids is 1. The van der Waals surface area contributed by atoms with Crippen LogP contribution in [0.4, 0.5) is 5.82 Å². The lowest BCUT2D eigenvalue weighted by molar-refractivity contribution is -0.113. The molecule has 6 rings (SSSR count). The molecule has 32 heavy (non-hydrogen) atoms. The molecule has 0 unspecified atom stereocenters. The SMILES string of the molecule is COc1ccc2nc(-n3nc(C)c4c3NC(=O)CS[C@H]4c3ccc4c(c3)OCO4)sc2c1. The smallest absolute Gasteiger partial charge is 0.235 e. The summed E-state index contributed by atoms with van der Waals surface area (Å²) in [5.41, 5.74) is 3.70. The molecular weight excluding hydrogens is 448 g/mol. The van der Waals surface area contributed by atoms with E-state index in [9.17, 15) is 4.79 Å². The van der Waals surface area contributed by atoms with Gasteiger partial charge >= 0.3 is 0 Å². The number of thioether (sulfide) groups is 1. The van der Waals surface area contributed by atoms with E-state index in [0.717, 1.165) is 44.3 Å². The molecule has 0 saturated carbocycles. The minimum absolute atomic E-state index is 0.0663. The normalized spacial score (nSPS) is 17.2. The lowest BCUT2D eigenvalue weighted by Crippen LogP contribution is -2.15. The zero-order valence-electron chi connectivity index (χ0n) is 17.2. The van der Waals surface area contributed by atoms with Crippen molar-refractivity contribution in [3.05, 3.63) is 53.2 Å². The lowest BCUT2D eigenvalue weighted by Gasteiger charge is -2.15. The number of rotatable bonds is 3. The topological polar surface area (TPSA) is 87.5 Å². The van der Waals surface area contributed by atoms with Crippen molar-refractivity contribution >= 4 is 45.0 Å². The number of fused-ring (bicyclic) bond motifs is 3. The van der Waals surface area contributed by atoms with Crippen LogP contribution in [0, 0.1) is 6.92 Å². The third-order valence-corrected chi connectivity index (χ3v) is 7.74. The Balaban J connectivity index is 1.49. The fourth-order valence-electron chi connectivity index (χ4n) is 3.97. The first-order valence-electron chi connectivity index (χ1n) is 9.96. The minimum atomic E-state index is -0.0818. The number of nitrogens with one attached hydrogen (secondary N) is 1. The molecule has 10 heteroatoms. The van der Waals surface area contributed by atoms with Crippen molar-refractivity contribution in [1.29, 1.82) is 0 Å². The highest BCUT2D eigenvalue weighted by Crippen LogP contribution is 2.46. The first-order chi connectivity index (χ1) is 15.6. The van der Waals surface area contributed by atoms with Crippen LogP contribution in [-0.2, 0) is 4.79 Å². The molecule has 0 radical (unpaired) electrons. The first kappa shape index (κ1) is 19.4. The van der Waals surface area contributed by atoms with Crippen molar-refractivity contribution < 1.29 is 19.0 Å². The van der Waals surface area contributed by atoms with Gasteiger partial charge in [-0.2, -0.15) is 9.78 Å². The highest BCUT2D eigenvalue weighted by molar-refractivity contribution is 8.00. The van der Waals surface area contributed by atoms with Gasteiger partial charge in [-0.3, -0.25) is 4.79 Å². The van der Waals surface area contributed by atoms with Crippen molar-refractivity contribution in [1.82, 2.24) is 14.8 Å². The number of ether oxygens (including phenoxy) is 3. The fourth-order valence-corrected chi connectivity index (χ4v) is 6.10. The van der Waals surface area contributed by atoms with Crippen LogP contribution in [0.3, 0.4) is 0 Å². The van der Waals surface area contributed by atoms with Gasteiger partial charge < -0.3 is 19.5 Å². The van der Waals surface area contributed by atoms with Gasteiger partial charge in [-0.15, -0.1) is 11.8 Å². The maximum atomic E-state index is 12.6. The average Bonchev–Trinajstić information content (AvgIpc) is 3.48. The summed E-state index contributed by atoms with van der Waals surface area (Å²) in [6, 6.07) is 11.7. The maximum absolute atomic E-state index is 12.6. The predicted octanol–water partition coefficient (Wildman–Crippen LogP) is 4.30. The number of carbonyl (C=O) groups is 1. The summed E-state index contributed by atoms with van der Waals surface area (Å²) < 4.78 is 19.1. The summed E-state index contributed by atoms with van der Waals surface area (Å²) in [5, 5.41) is 8.44. The molecule has 0 fully saturated rings. The van der Waals surface area contributed by atoms with E-state index in [2.05, 4.69) is 5.32 Å². The number of methoxy groups -OCH3 is 1. The van der Waals surface area contributed by atoms with Crippen LogP contribution in [0.5, 0.6) is 17.2 Å². The molecular formula is C22H18N4O4S2. The van der Waals surface area contributed by atoms with Gasteiger partial charge in [-0.1, -0.05) is 17.4 Å². The van der Waals surface area contributed by atoms with Crippen LogP contribution in [0.2, 0.25) is 0 Å². The van der Waals surface area contributed by atoms with Crippen LogP contribution < -0.4 is 19.5 Å². The van der Waals surface area contributed by atoms with Crippen molar-refractivity contribution in [2.75, 3.05) is 25.0 Å². The molecule has 0 saturated heterocycles. The van der Waals surface area contributed by atoms with Crippen LogP contribution in [-0.4, -0.2) is 40.3 Å². The zero-order chi connectivity index (χ0) is 21.8. The maximum Gasteiger partial charge on any atom is 0.235 e. The Morgan fingerprint density at radius 3 is 2.94 bits per heavy atom. The van der Waals surface area contributed by atoms with E-state index in [1.807, 2.05) is 43.3 Å². The monoisotopic (exact) mass is 466 g/mol. The Morgan fingerprint density at radius 1 is 1.19 bits per heavy atom. The summed E-state index contributed by atoms with van der Waals surface area (Å²) in [5.74, 6) is 3.16. The van der Waals surface area contributed by atoms with Gasteiger partial charge in [0.05, 0.1) is 34.0 Å². The van der Waals surface area contributed by atoms with E-state index in [1.165, 1.54) is 11.3 Å². The summed E-state index contributed by atoms with van der Waals surface area (Å²) in [6.45, 7) is 2.19. The van der Waals surface area contributed by atoms with Crippen molar-refractivity contribution in [3.63, 3.8) is 0 Å². The fraction of sp³-hybridized carbons (Fsp3) is 0.227. The Kier molecular flexibility index (Phi) is 4.51. The molecule has 0 bridgehead atoms. The molecule has 4 aromatic rings. The van der Waals surface area contributed by atoms with Crippen molar-refractivity contribution in [3.8, 4) is 22.4 Å². The van der Waals surface area contributed by atoms with E-state index in [1.54, 1.807) is 23.6 Å². The van der Waals surface area contributed by atoms with Crippen molar-refractivity contribution in [2.45, 2.75) is 12.2 Å². The number of benzene rings is 2. The zero-order valence-corrected chi connectivity index (χ0v) is 18.9.